The Hall–Kier alpha value is -1.14. The van der Waals surface area contributed by atoms with Crippen LogP contribution in [0.1, 0.15) is 39.3 Å². The molecule has 118 valence electrons. The Bertz CT molecular complexity index is 442. The predicted octanol–water partition coefficient (Wildman–Crippen LogP) is 2.88. The SMILES string of the molecule is CC(C)(C)OC(=O)N1CCCC(CNCc2cscn2)C1. The van der Waals surface area contributed by atoms with Gasteiger partial charge in [-0.3, -0.25) is 0 Å². The summed E-state index contributed by atoms with van der Waals surface area (Å²) in [6.45, 7) is 9.00. The number of ether oxygens (including phenoxy) is 1. The van der Waals surface area contributed by atoms with E-state index in [9.17, 15) is 4.79 Å². The van der Waals surface area contributed by atoms with Gasteiger partial charge in [0.05, 0.1) is 11.2 Å². The molecule has 0 spiro atoms. The highest BCUT2D eigenvalue weighted by Crippen LogP contribution is 2.19. The average Bonchev–Trinajstić information content (AvgIpc) is 2.90. The molecule has 0 saturated carbocycles. The summed E-state index contributed by atoms with van der Waals surface area (Å²) in [5.74, 6) is 0.491. The molecule has 0 bridgehead atoms. The number of nitrogens with zero attached hydrogens (tertiary/aromatic N) is 2. The quantitative estimate of drug-likeness (QED) is 0.929. The molecule has 1 aromatic heterocycles. The minimum absolute atomic E-state index is 0.188. The number of aromatic nitrogens is 1. The average molecular weight is 311 g/mol. The Morgan fingerprint density at radius 1 is 1.57 bits per heavy atom. The summed E-state index contributed by atoms with van der Waals surface area (Å²) in [6.07, 6.45) is 2.01. The van der Waals surface area contributed by atoms with Crippen LogP contribution in [-0.4, -0.2) is 41.2 Å². The van der Waals surface area contributed by atoms with Crippen molar-refractivity contribution in [3.63, 3.8) is 0 Å². The smallest absolute Gasteiger partial charge is 0.410 e. The summed E-state index contributed by atoms with van der Waals surface area (Å²) in [5.41, 5.74) is 2.51. The highest BCUT2D eigenvalue weighted by atomic mass is 32.1. The molecule has 1 amide bonds. The second kappa shape index (κ2) is 7.22. The Labute approximate surface area is 130 Å². The van der Waals surface area contributed by atoms with E-state index >= 15 is 0 Å². The number of likely N-dealkylation sites (tertiary alicyclic amines) is 1. The van der Waals surface area contributed by atoms with Crippen LogP contribution in [0.4, 0.5) is 4.79 Å². The third-order valence-electron chi connectivity index (χ3n) is 3.39. The summed E-state index contributed by atoms with van der Waals surface area (Å²) in [5, 5.41) is 5.49. The molecule has 1 aliphatic rings. The molecule has 0 aliphatic carbocycles. The first-order valence-corrected chi connectivity index (χ1v) is 8.44. The van der Waals surface area contributed by atoms with E-state index < -0.39 is 5.60 Å². The van der Waals surface area contributed by atoms with E-state index in [2.05, 4.69) is 15.7 Å². The van der Waals surface area contributed by atoms with Gasteiger partial charge >= 0.3 is 6.09 Å². The van der Waals surface area contributed by atoms with Crippen molar-refractivity contribution >= 4 is 17.4 Å². The molecule has 1 saturated heterocycles. The Morgan fingerprint density at radius 2 is 2.38 bits per heavy atom. The van der Waals surface area contributed by atoms with Crippen LogP contribution in [0, 0.1) is 5.92 Å². The monoisotopic (exact) mass is 311 g/mol. The van der Waals surface area contributed by atoms with E-state index in [4.69, 9.17) is 4.74 Å². The highest BCUT2D eigenvalue weighted by molar-refractivity contribution is 7.07. The summed E-state index contributed by atoms with van der Waals surface area (Å²) < 4.78 is 5.45. The van der Waals surface area contributed by atoms with Gasteiger partial charge in [-0.1, -0.05) is 0 Å². The molecule has 1 aliphatic heterocycles. The van der Waals surface area contributed by atoms with Crippen molar-refractivity contribution in [3.05, 3.63) is 16.6 Å². The molecule has 1 aromatic rings. The van der Waals surface area contributed by atoms with Crippen molar-refractivity contribution in [1.29, 1.82) is 0 Å². The maximum Gasteiger partial charge on any atom is 0.410 e. The number of carbonyl (C=O) groups is 1. The predicted molar refractivity (Wildman–Crippen MR) is 84.4 cm³/mol. The normalized spacial score (nSPS) is 19.6. The molecule has 1 atom stereocenters. The first-order chi connectivity index (χ1) is 9.94. The third-order valence-corrected chi connectivity index (χ3v) is 4.03. The van der Waals surface area contributed by atoms with E-state index in [1.807, 2.05) is 31.2 Å². The lowest BCUT2D eigenvalue weighted by atomic mass is 9.98. The summed E-state index contributed by atoms with van der Waals surface area (Å²) >= 11 is 1.61. The molecule has 1 N–H and O–H groups in total. The molecule has 0 radical (unpaired) electrons. The summed E-state index contributed by atoms with van der Waals surface area (Å²) in [6, 6.07) is 0. The molecule has 6 heteroatoms. The Balaban J connectivity index is 1.74. The number of nitrogens with one attached hydrogen (secondary N) is 1. The second-order valence-electron chi connectivity index (χ2n) is 6.55. The maximum absolute atomic E-state index is 12.1. The highest BCUT2D eigenvalue weighted by Gasteiger charge is 2.27. The lowest BCUT2D eigenvalue weighted by Gasteiger charge is -2.34. The van der Waals surface area contributed by atoms with Gasteiger partial charge in [-0.2, -0.15) is 0 Å². The maximum atomic E-state index is 12.1. The van der Waals surface area contributed by atoms with E-state index in [1.165, 1.54) is 0 Å². The van der Waals surface area contributed by atoms with E-state index in [0.717, 1.165) is 44.7 Å². The number of rotatable bonds is 4. The molecule has 1 fully saturated rings. The van der Waals surface area contributed by atoms with Crippen molar-refractivity contribution in [2.45, 2.75) is 45.8 Å². The number of piperidine rings is 1. The van der Waals surface area contributed by atoms with Crippen molar-refractivity contribution in [1.82, 2.24) is 15.2 Å². The van der Waals surface area contributed by atoms with Crippen LogP contribution < -0.4 is 5.32 Å². The zero-order chi connectivity index (χ0) is 15.3. The van der Waals surface area contributed by atoms with Gasteiger partial charge in [-0.05, 0) is 39.5 Å². The van der Waals surface area contributed by atoms with E-state index in [-0.39, 0.29) is 6.09 Å². The van der Waals surface area contributed by atoms with Crippen LogP contribution in [0.2, 0.25) is 0 Å². The lowest BCUT2D eigenvalue weighted by molar-refractivity contribution is 0.0166. The van der Waals surface area contributed by atoms with Gasteiger partial charge in [0.1, 0.15) is 5.60 Å². The van der Waals surface area contributed by atoms with E-state index in [0.29, 0.717) is 5.92 Å². The van der Waals surface area contributed by atoms with Crippen LogP contribution in [0.25, 0.3) is 0 Å². The van der Waals surface area contributed by atoms with Crippen molar-refractivity contribution in [2.24, 2.45) is 5.92 Å². The van der Waals surface area contributed by atoms with Gasteiger partial charge in [0.15, 0.2) is 0 Å². The zero-order valence-electron chi connectivity index (χ0n) is 13.1. The van der Waals surface area contributed by atoms with Crippen LogP contribution >= 0.6 is 11.3 Å². The van der Waals surface area contributed by atoms with Gasteiger partial charge in [-0.15, -0.1) is 11.3 Å². The number of amides is 1. The first-order valence-electron chi connectivity index (χ1n) is 7.50. The number of carbonyl (C=O) groups excluding carboxylic acids is 1. The topological polar surface area (TPSA) is 54.5 Å². The third kappa shape index (κ3) is 5.63. The molecular weight excluding hydrogens is 286 g/mol. The molecule has 2 rings (SSSR count). The van der Waals surface area contributed by atoms with Crippen molar-refractivity contribution in [3.8, 4) is 0 Å². The minimum atomic E-state index is -0.424. The molecule has 5 nitrogen and oxygen atoms in total. The fourth-order valence-electron chi connectivity index (χ4n) is 2.45. The number of thiazole rings is 1. The molecule has 1 unspecified atom stereocenters. The number of hydrogen-bond acceptors (Lipinski definition) is 5. The van der Waals surface area contributed by atoms with Crippen molar-refractivity contribution < 1.29 is 9.53 Å². The summed E-state index contributed by atoms with van der Waals surface area (Å²) in [4.78, 5) is 18.2. The number of hydrogen-bond donors (Lipinski definition) is 1. The van der Waals surface area contributed by atoms with Crippen LogP contribution in [0.15, 0.2) is 10.9 Å². The van der Waals surface area contributed by atoms with Gasteiger partial charge in [0.25, 0.3) is 0 Å². The van der Waals surface area contributed by atoms with Gasteiger partial charge in [-0.25, -0.2) is 9.78 Å². The van der Waals surface area contributed by atoms with E-state index in [1.54, 1.807) is 11.3 Å². The lowest BCUT2D eigenvalue weighted by Crippen LogP contribution is -2.45. The van der Waals surface area contributed by atoms with Crippen molar-refractivity contribution in [2.75, 3.05) is 19.6 Å². The fraction of sp³-hybridized carbons (Fsp3) is 0.733. The Morgan fingerprint density at radius 3 is 3.05 bits per heavy atom. The second-order valence-corrected chi connectivity index (χ2v) is 7.26. The van der Waals surface area contributed by atoms with Crippen LogP contribution in [-0.2, 0) is 11.3 Å². The molecule has 21 heavy (non-hydrogen) atoms. The molecule has 2 heterocycles. The summed E-state index contributed by atoms with van der Waals surface area (Å²) in [7, 11) is 0. The van der Waals surface area contributed by atoms with Gasteiger partial charge in [0, 0.05) is 31.6 Å². The molecular formula is C15H25N3O2S. The van der Waals surface area contributed by atoms with Crippen LogP contribution in [0.3, 0.4) is 0 Å². The molecule has 0 aromatic carbocycles. The first kappa shape index (κ1) is 16.2. The minimum Gasteiger partial charge on any atom is -0.444 e. The zero-order valence-corrected chi connectivity index (χ0v) is 13.9. The fourth-order valence-corrected chi connectivity index (χ4v) is 3.01. The Kier molecular flexibility index (Phi) is 5.58. The van der Waals surface area contributed by atoms with Crippen LogP contribution in [0.5, 0.6) is 0 Å². The van der Waals surface area contributed by atoms with Gasteiger partial charge < -0.3 is 15.0 Å². The standard InChI is InChI=1S/C15H25N3O2S/c1-15(2,3)20-14(19)18-6-4-5-12(9-18)7-16-8-13-10-21-11-17-13/h10-12,16H,4-9H2,1-3H3. The largest absolute Gasteiger partial charge is 0.444 e. The van der Waals surface area contributed by atoms with Gasteiger partial charge in [0.2, 0.25) is 0 Å².